The largest absolute Gasteiger partial charge is 0.497 e. The number of thiazole rings is 1. The maximum atomic E-state index is 5.64. The van der Waals surface area contributed by atoms with E-state index in [1.165, 1.54) is 0 Å². The van der Waals surface area contributed by atoms with E-state index in [0.29, 0.717) is 6.04 Å². The van der Waals surface area contributed by atoms with E-state index in [4.69, 9.17) is 14.5 Å². The SMILES string of the molecule is CCCC(C)n1c(-c2ccc(OC)cc2OC)csc1=Nc1cccnc1. The Hall–Kier alpha value is -2.60. The molecule has 0 amide bonds. The fourth-order valence-electron chi connectivity index (χ4n) is 3.11. The number of methoxy groups -OCH3 is 2. The highest BCUT2D eigenvalue weighted by atomic mass is 32.1. The fourth-order valence-corrected chi connectivity index (χ4v) is 4.12. The zero-order chi connectivity index (χ0) is 19.2. The molecule has 5 nitrogen and oxygen atoms in total. The summed E-state index contributed by atoms with van der Waals surface area (Å²) in [6.07, 6.45) is 5.72. The van der Waals surface area contributed by atoms with E-state index < -0.39 is 0 Å². The number of pyridine rings is 1. The number of aromatic nitrogens is 2. The lowest BCUT2D eigenvalue weighted by Crippen LogP contribution is -2.20. The van der Waals surface area contributed by atoms with E-state index in [-0.39, 0.29) is 0 Å². The summed E-state index contributed by atoms with van der Waals surface area (Å²) < 4.78 is 13.3. The van der Waals surface area contributed by atoms with Gasteiger partial charge in [0.05, 0.1) is 31.8 Å². The van der Waals surface area contributed by atoms with Gasteiger partial charge in [-0.3, -0.25) is 4.98 Å². The normalized spacial score (nSPS) is 12.8. The highest BCUT2D eigenvalue weighted by Crippen LogP contribution is 2.35. The summed E-state index contributed by atoms with van der Waals surface area (Å²) in [5.74, 6) is 1.57. The highest BCUT2D eigenvalue weighted by molar-refractivity contribution is 7.07. The Kier molecular flexibility index (Phi) is 6.29. The Morgan fingerprint density at radius 1 is 1.22 bits per heavy atom. The van der Waals surface area contributed by atoms with Crippen molar-refractivity contribution in [2.45, 2.75) is 32.7 Å². The molecule has 142 valence electrons. The van der Waals surface area contributed by atoms with Crippen molar-refractivity contribution in [3.8, 4) is 22.8 Å². The van der Waals surface area contributed by atoms with Crippen LogP contribution in [-0.4, -0.2) is 23.8 Å². The van der Waals surface area contributed by atoms with Crippen molar-refractivity contribution in [2.24, 2.45) is 4.99 Å². The molecule has 0 radical (unpaired) electrons. The van der Waals surface area contributed by atoms with Gasteiger partial charge in [0.2, 0.25) is 0 Å². The molecule has 6 heteroatoms. The Bertz CT molecular complexity index is 948. The molecule has 3 aromatic rings. The maximum Gasteiger partial charge on any atom is 0.190 e. The van der Waals surface area contributed by atoms with Crippen molar-refractivity contribution in [3.63, 3.8) is 0 Å². The fraction of sp³-hybridized carbons (Fsp3) is 0.333. The lowest BCUT2D eigenvalue weighted by molar-refractivity contribution is 0.395. The molecular weight excluding hydrogens is 358 g/mol. The molecule has 0 aliphatic carbocycles. The maximum absolute atomic E-state index is 5.64. The minimum Gasteiger partial charge on any atom is -0.497 e. The molecule has 0 aliphatic heterocycles. The molecule has 1 atom stereocenters. The molecule has 0 bridgehead atoms. The highest BCUT2D eigenvalue weighted by Gasteiger charge is 2.17. The first kappa shape index (κ1) is 19.2. The average molecular weight is 384 g/mol. The second-order valence-electron chi connectivity index (χ2n) is 6.30. The zero-order valence-electron chi connectivity index (χ0n) is 16.2. The first-order valence-corrected chi connectivity index (χ1v) is 9.93. The molecule has 1 aromatic carbocycles. The van der Waals surface area contributed by atoms with Crippen LogP contribution in [-0.2, 0) is 0 Å². The summed E-state index contributed by atoms with van der Waals surface area (Å²) in [6.45, 7) is 4.44. The van der Waals surface area contributed by atoms with Gasteiger partial charge in [0.1, 0.15) is 11.5 Å². The monoisotopic (exact) mass is 383 g/mol. The molecule has 3 rings (SSSR count). The summed E-state index contributed by atoms with van der Waals surface area (Å²) in [6, 6.07) is 10.1. The zero-order valence-corrected chi connectivity index (χ0v) is 17.0. The van der Waals surface area contributed by atoms with Crippen LogP contribution in [0.2, 0.25) is 0 Å². The summed E-state index contributed by atoms with van der Waals surface area (Å²) in [4.78, 5) is 9.96. The molecule has 0 saturated heterocycles. The molecule has 0 N–H and O–H groups in total. The topological polar surface area (TPSA) is 48.6 Å². The van der Waals surface area contributed by atoms with Gasteiger partial charge in [0.15, 0.2) is 4.80 Å². The lowest BCUT2D eigenvalue weighted by atomic mass is 10.1. The van der Waals surface area contributed by atoms with E-state index in [1.807, 2.05) is 30.3 Å². The number of nitrogens with zero attached hydrogens (tertiary/aromatic N) is 3. The smallest absolute Gasteiger partial charge is 0.190 e. The minimum absolute atomic E-state index is 0.318. The Balaban J connectivity index is 2.18. The quantitative estimate of drug-likeness (QED) is 0.562. The van der Waals surface area contributed by atoms with Crippen molar-refractivity contribution >= 4 is 17.0 Å². The van der Waals surface area contributed by atoms with Crippen LogP contribution in [0.5, 0.6) is 11.5 Å². The second kappa shape index (κ2) is 8.86. The van der Waals surface area contributed by atoms with Gasteiger partial charge in [-0.2, -0.15) is 0 Å². The Morgan fingerprint density at radius 2 is 2.07 bits per heavy atom. The predicted octanol–water partition coefficient (Wildman–Crippen LogP) is 5.22. The predicted molar refractivity (Wildman–Crippen MR) is 110 cm³/mol. The number of hydrogen-bond donors (Lipinski definition) is 0. The molecule has 0 fully saturated rings. The van der Waals surface area contributed by atoms with Crippen molar-refractivity contribution < 1.29 is 9.47 Å². The van der Waals surface area contributed by atoms with Gasteiger partial charge in [-0.1, -0.05) is 13.3 Å². The van der Waals surface area contributed by atoms with Crippen LogP contribution < -0.4 is 14.3 Å². The molecule has 0 spiro atoms. The van der Waals surface area contributed by atoms with Crippen molar-refractivity contribution in [2.75, 3.05) is 14.2 Å². The average Bonchev–Trinajstić information content (AvgIpc) is 3.11. The van der Waals surface area contributed by atoms with E-state index in [2.05, 4.69) is 28.8 Å². The first-order chi connectivity index (χ1) is 13.2. The number of benzene rings is 1. The molecule has 2 heterocycles. The minimum atomic E-state index is 0.318. The van der Waals surface area contributed by atoms with Crippen LogP contribution in [0, 0.1) is 0 Å². The van der Waals surface area contributed by atoms with Gasteiger partial charge >= 0.3 is 0 Å². The lowest BCUT2D eigenvalue weighted by Gasteiger charge is -2.18. The Morgan fingerprint density at radius 3 is 2.74 bits per heavy atom. The molecule has 2 aromatic heterocycles. The number of hydrogen-bond acceptors (Lipinski definition) is 5. The second-order valence-corrected chi connectivity index (χ2v) is 7.14. The van der Waals surface area contributed by atoms with Gasteiger partial charge in [0, 0.05) is 29.2 Å². The van der Waals surface area contributed by atoms with Crippen LogP contribution in [0.1, 0.15) is 32.7 Å². The standard InChI is InChI=1S/C21H25N3O2S/c1-5-7-15(2)24-19(18-10-9-17(25-3)12-20(18)26-4)14-27-21(24)23-16-8-6-11-22-13-16/h6,8-15H,5,7H2,1-4H3. The van der Waals surface area contributed by atoms with E-state index in [0.717, 1.165) is 46.1 Å². The van der Waals surface area contributed by atoms with Crippen LogP contribution in [0.4, 0.5) is 5.69 Å². The van der Waals surface area contributed by atoms with E-state index in [1.54, 1.807) is 38.0 Å². The van der Waals surface area contributed by atoms with Crippen LogP contribution in [0.15, 0.2) is 53.1 Å². The third kappa shape index (κ3) is 4.22. The summed E-state index contributed by atoms with van der Waals surface area (Å²) in [5.41, 5.74) is 2.98. The van der Waals surface area contributed by atoms with Crippen molar-refractivity contribution in [3.05, 3.63) is 52.9 Å². The summed E-state index contributed by atoms with van der Waals surface area (Å²) >= 11 is 1.63. The van der Waals surface area contributed by atoms with Crippen molar-refractivity contribution in [1.29, 1.82) is 0 Å². The van der Waals surface area contributed by atoms with E-state index >= 15 is 0 Å². The molecule has 0 saturated carbocycles. The van der Waals surface area contributed by atoms with Crippen LogP contribution in [0.3, 0.4) is 0 Å². The van der Waals surface area contributed by atoms with Gasteiger partial charge in [0.25, 0.3) is 0 Å². The summed E-state index contributed by atoms with van der Waals surface area (Å²) in [7, 11) is 3.35. The molecule has 0 aliphatic rings. The van der Waals surface area contributed by atoms with Crippen LogP contribution in [0.25, 0.3) is 11.3 Å². The number of rotatable bonds is 7. The van der Waals surface area contributed by atoms with Crippen molar-refractivity contribution in [1.82, 2.24) is 9.55 Å². The Labute approximate surface area is 164 Å². The van der Waals surface area contributed by atoms with Gasteiger partial charge in [-0.25, -0.2) is 4.99 Å². The van der Waals surface area contributed by atoms with Gasteiger partial charge < -0.3 is 14.0 Å². The molecular formula is C21H25N3O2S. The van der Waals surface area contributed by atoms with Gasteiger partial charge in [-0.05, 0) is 37.6 Å². The third-order valence-corrected chi connectivity index (χ3v) is 5.28. The molecule has 27 heavy (non-hydrogen) atoms. The van der Waals surface area contributed by atoms with Gasteiger partial charge in [-0.15, -0.1) is 11.3 Å². The van der Waals surface area contributed by atoms with Crippen LogP contribution >= 0.6 is 11.3 Å². The number of ether oxygens (including phenoxy) is 2. The third-order valence-electron chi connectivity index (χ3n) is 4.44. The first-order valence-electron chi connectivity index (χ1n) is 9.05. The summed E-state index contributed by atoms with van der Waals surface area (Å²) in [5, 5.41) is 2.14. The van der Waals surface area contributed by atoms with E-state index in [9.17, 15) is 0 Å². The molecule has 1 unspecified atom stereocenters.